The maximum atomic E-state index is 13.0. The van der Waals surface area contributed by atoms with Crippen LogP contribution in [0, 0.1) is 5.92 Å². The molecule has 0 radical (unpaired) electrons. The van der Waals surface area contributed by atoms with E-state index in [0.29, 0.717) is 36.0 Å². The molecule has 2 aliphatic rings. The summed E-state index contributed by atoms with van der Waals surface area (Å²) in [5, 5.41) is 12.1. The van der Waals surface area contributed by atoms with Crippen LogP contribution in [0.25, 0.3) is 0 Å². The van der Waals surface area contributed by atoms with Gasteiger partial charge in [0, 0.05) is 18.7 Å². The highest BCUT2D eigenvalue weighted by atomic mass is 16.5. The Labute approximate surface area is 144 Å². The molecule has 8 nitrogen and oxygen atoms in total. The zero-order valence-corrected chi connectivity index (χ0v) is 13.9. The Morgan fingerprint density at radius 2 is 2.00 bits per heavy atom. The smallest absolute Gasteiger partial charge is 0.304 e. The van der Waals surface area contributed by atoms with Crippen LogP contribution in [0.4, 0.5) is 0 Å². The lowest BCUT2D eigenvalue weighted by molar-refractivity contribution is -0.141. The molecular formula is C17H18N2O6. The Kier molecular flexibility index (Phi) is 4.35. The maximum Gasteiger partial charge on any atom is 0.304 e. The minimum atomic E-state index is -1.13. The topological polar surface area (TPSA) is 105 Å². The summed E-state index contributed by atoms with van der Waals surface area (Å²) in [5.41, 5.74) is 0.496. The summed E-state index contributed by atoms with van der Waals surface area (Å²) in [4.78, 5) is 38.1. The first-order valence-corrected chi connectivity index (χ1v) is 7.75. The summed E-state index contributed by atoms with van der Waals surface area (Å²) in [6.45, 7) is 0.955. The molecule has 25 heavy (non-hydrogen) atoms. The number of nitrogens with one attached hydrogen (secondary N) is 1. The fraction of sp³-hybridized carbons (Fsp3) is 0.353. The van der Waals surface area contributed by atoms with Crippen LogP contribution in [0.3, 0.4) is 0 Å². The number of rotatable bonds is 6. The molecule has 2 aliphatic heterocycles. The molecule has 1 saturated heterocycles. The Bertz CT molecular complexity index is 785. The van der Waals surface area contributed by atoms with Crippen molar-refractivity contribution in [3.05, 3.63) is 35.2 Å². The monoisotopic (exact) mass is 346 g/mol. The van der Waals surface area contributed by atoms with E-state index in [-0.39, 0.29) is 11.5 Å². The van der Waals surface area contributed by atoms with Crippen molar-refractivity contribution in [1.82, 2.24) is 10.2 Å². The largest absolute Gasteiger partial charge is 0.493 e. The second kappa shape index (κ2) is 6.46. The van der Waals surface area contributed by atoms with Gasteiger partial charge in [0.15, 0.2) is 17.3 Å². The number of nitrogens with zero attached hydrogens (tertiary/aromatic N) is 1. The molecule has 3 rings (SSSR count). The zero-order valence-electron chi connectivity index (χ0n) is 13.9. The van der Waals surface area contributed by atoms with Crippen molar-refractivity contribution in [2.45, 2.75) is 6.42 Å². The fourth-order valence-corrected chi connectivity index (χ4v) is 3.19. The maximum absolute atomic E-state index is 13.0. The van der Waals surface area contributed by atoms with Crippen LogP contribution in [0.2, 0.25) is 0 Å². The van der Waals surface area contributed by atoms with Crippen molar-refractivity contribution in [3.63, 3.8) is 0 Å². The summed E-state index contributed by atoms with van der Waals surface area (Å²) in [6, 6.07) is 4.69. The molecule has 0 aliphatic carbocycles. The number of Topliss-reactive ketones (excluding diaryl/α,β-unsaturated/α-hetero) is 1. The van der Waals surface area contributed by atoms with Gasteiger partial charge < -0.3 is 19.9 Å². The Morgan fingerprint density at radius 3 is 2.64 bits per heavy atom. The number of methoxy groups -OCH3 is 2. The number of fused-ring (bicyclic) bond motifs is 1. The van der Waals surface area contributed by atoms with E-state index < -0.39 is 24.1 Å². The van der Waals surface area contributed by atoms with Crippen molar-refractivity contribution >= 4 is 17.7 Å². The van der Waals surface area contributed by atoms with Crippen LogP contribution in [0.15, 0.2) is 29.6 Å². The number of hydrogen-bond acceptors (Lipinski definition) is 6. The normalized spacial score (nSPS) is 18.9. The lowest BCUT2D eigenvalue weighted by Crippen LogP contribution is -2.29. The highest BCUT2D eigenvalue weighted by Gasteiger charge is 2.45. The van der Waals surface area contributed by atoms with Crippen LogP contribution in [-0.2, 0) is 9.59 Å². The average Bonchev–Trinajstić information content (AvgIpc) is 3.16. The summed E-state index contributed by atoms with van der Waals surface area (Å²) < 4.78 is 10.4. The number of aliphatic carboxylic acids is 1. The number of carbonyl (C=O) groups excluding carboxylic acids is 2. The molecule has 1 fully saturated rings. The van der Waals surface area contributed by atoms with Crippen LogP contribution >= 0.6 is 0 Å². The number of carboxylic acids is 1. The number of hydrogen-bond donors (Lipinski definition) is 2. The molecule has 1 amide bonds. The molecule has 0 unspecified atom stereocenters. The summed E-state index contributed by atoms with van der Waals surface area (Å²) in [5.74, 6) is -1.59. The molecule has 0 aromatic heterocycles. The Balaban J connectivity index is 2.03. The van der Waals surface area contributed by atoms with Crippen molar-refractivity contribution in [2.75, 3.05) is 27.3 Å². The van der Waals surface area contributed by atoms with Gasteiger partial charge in [0.25, 0.3) is 0 Å². The number of ether oxygens (including phenoxy) is 2. The van der Waals surface area contributed by atoms with Gasteiger partial charge in [-0.05, 0) is 18.2 Å². The van der Waals surface area contributed by atoms with E-state index in [9.17, 15) is 14.4 Å². The summed E-state index contributed by atoms with van der Waals surface area (Å²) in [6.07, 6.45) is -0.422. The Hall–Kier alpha value is -3.03. The minimum Gasteiger partial charge on any atom is -0.493 e. The van der Waals surface area contributed by atoms with E-state index in [2.05, 4.69) is 5.32 Å². The van der Waals surface area contributed by atoms with E-state index in [1.807, 2.05) is 0 Å². The average molecular weight is 346 g/mol. The van der Waals surface area contributed by atoms with Crippen LogP contribution in [0.5, 0.6) is 11.5 Å². The highest BCUT2D eigenvalue weighted by molar-refractivity contribution is 6.15. The molecule has 0 bridgehead atoms. The molecule has 2 N–H and O–H groups in total. The molecular weight excluding hydrogens is 328 g/mol. The third-order valence-electron chi connectivity index (χ3n) is 4.33. The van der Waals surface area contributed by atoms with Gasteiger partial charge in [0.2, 0.25) is 5.91 Å². The number of carboxylic acid groups (broad SMARTS) is 1. The van der Waals surface area contributed by atoms with Gasteiger partial charge in [-0.3, -0.25) is 19.3 Å². The summed E-state index contributed by atoms with van der Waals surface area (Å²) >= 11 is 0. The first-order valence-electron chi connectivity index (χ1n) is 7.75. The lowest BCUT2D eigenvalue weighted by Gasteiger charge is -2.13. The van der Waals surface area contributed by atoms with Crippen molar-refractivity contribution in [3.8, 4) is 11.5 Å². The standard InChI is InChI=1S/C17H18N2O6/c1-24-11-4-3-9(7-12(11)25-2)15(22)14-10(8-13(20)21)17(23)19-6-5-18-16(14)19/h3-4,7,10,18H,5-6,8H2,1-2H3,(H,20,21)/t10-/m1/s1. The van der Waals surface area contributed by atoms with Crippen molar-refractivity contribution in [2.24, 2.45) is 5.92 Å². The predicted molar refractivity (Wildman–Crippen MR) is 86.4 cm³/mol. The van der Waals surface area contributed by atoms with E-state index in [4.69, 9.17) is 14.6 Å². The Morgan fingerprint density at radius 1 is 1.28 bits per heavy atom. The van der Waals surface area contributed by atoms with E-state index in [1.165, 1.54) is 25.2 Å². The first-order chi connectivity index (χ1) is 12.0. The van der Waals surface area contributed by atoms with E-state index >= 15 is 0 Å². The lowest BCUT2D eigenvalue weighted by atomic mass is 9.90. The van der Waals surface area contributed by atoms with Crippen molar-refractivity contribution in [1.29, 1.82) is 0 Å². The fourth-order valence-electron chi connectivity index (χ4n) is 3.19. The first kappa shape index (κ1) is 16.8. The van der Waals surface area contributed by atoms with Crippen LogP contribution < -0.4 is 14.8 Å². The number of ketones is 1. The van der Waals surface area contributed by atoms with Crippen LogP contribution in [0.1, 0.15) is 16.8 Å². The third kappa shape index (κ3) is 2.79. The molecule has 1 aromatic carbocycles. The van der Waals surface area contributed by atoms with Gasteiger partial charge in [-0.1, -0.05) is 0 Å². The second-order valence-electron chi connectivity index (χ2n) is 5.73. The second-order valence-corrected chi connectivity index (χ2v) is 5.73. The van der Waals surface area contributed by atoms with Gasteiger partial charge in [-0.25, -0.2) is 0 Å². The molecule has 0 saturated carbocycles. The van der Waals surface area contributed by atoms with Gasteiger partial charge in [0.05, 0.1) is 32.1 Å². The third-order valence-corrected chi connectivity index (χ3v) is 4.33. The quantitative estimate of drug-likeness (QED) is 0.728. The van der Waals surface area contributed by atoms with Gasteiger partial charge in [-0.15, -0.1) is 0 Å². The molecule has 0 spiro atoms. The van der Waals surface area contributed by atoms with Gasteiger partial charge >= 0.3 is 5.97 Å². The zero-order chi connectivity index (χ0) is 18.1. The number of benzene rings is 1. The van der Waals surface area contributed by atoms with Crippen LogP contribution in [-0.4, -0.2) is 55.0 Å². The number of carbonyl (C=O) groups is 3. The minimum absolute atomic E-state index is 0.192. The molecule has 8 heteroatoms. The molecule has 1 atom stereocenters. The highest BCUT2D eigenvalue weighted by Crippen LogP contribution is 2.36. The summed E-state index contributed by atoms with van der Waals surface area (Å²) in [7, 11) is 2.95. The molecule has 2 heterocycles. The SMILES string of the molecule is COc1ccc(C(=O)C2=C3NCCN3C(=O)[C@@H]2CC(=O)O)cc1OC. The molecule has 1 aromatic rings. The van der Waals surface area contributed by atoms with E-state index in [1.54, 1.807) is 12.1 Å². The van der Waals surface area contributed by atoms with Gasteiger partial charge in [-0.2, -0.15) is 0 Å². The van der Waals surface area contributed by atoms with E-state index in [0.717, 1.165) is 0 Å². The molecule has 132 valence electrons. The predicted octanol–water partition coefficient (Wildman–Crippen LogP) is 0.634. The van der Waals surface area contributed by atoms with Crippen molar-refractivity contribution < 1.29 is 29.0 Å². The number of amides is 1. The van der Waals surface area contributed by atoms with Gasteiger partial charge in [0.1, 0.15) is 5.82 Å².